The van der Waals surface area contributed by atoms with E-state index in [0.717, 1.165) is 44.9 Å². The molecule has 0 saturated heterocycles. The fraction of sp³-hybridized carbons (Fsp3) is 0.333. The molecule has 0 fully saturated rings. The molecule has 246 valence electrons. The molecule has 0 spiro atoms. The van der Waals surface area contributed by atoms with Crippen molar-refractivity contribution in [3.63, 3.8) is 0 Å². The molecular weight excluding hydrogens is 625 g/mol. The highest BCUT2D eigenvalue weighted by Gasteiger charge is 2.19. The molecule has 4 aromatic carbocycles. The third-order valence-electron chi connectivity index (χ3n) is 7.25. The lowest BCUT2D eigenvalue weighted by Crippen LogP contribution is -2.06. The van der Waals surface area contributed by atoms with E-state index in [1.165, 1.54) is 36.4 Å². The van der Waals surface area contributed by atoms with Crippen LogP contribution in [0.15, 0.2) is 117 Å². The van der Waals surface area contributed by atoms with Crippen molar-refractivity contribution in [2.24, 2.45) is 0 Å². The Kier molecular flexibility index (Phi) is 12.5. The summed E-state index contributed by atoms with van der Waals surface area (Å²) in [5.41, 5.74) is 0. The zero-order chi connectivity index (χ0) is 33.0. The van der Waals surface area contributed by atoms with Crippen molar-refractivity contribution in [2.75, 3.05) is 13.2 Å². The first-order chi connectivity index (χ1) is 22.1. The summed E-state index contributed by atoms with van der Waals surface area (Å²) in [7, 11) is -7.27. The van der Waals surface area contributed by atoms with E-state index < -0.39 is 19.7 Å². The highest BCUT2D eigenvalue weighted by atomic mass is 32.2. The Balaban J connectivity index is 1.06. The van der Waals surface area contributed by atoms with Gasteiger partial charge in [-0.2, -0.15) is 0 Å². The fourth-order valence-corrected chi connectivity index (χ4v) is 7.29. The van der Waals surface area contributed by atoms with Crippen molar-refractivity contribution in [3.05, 3.63) is 97.1 Å². The van der Waals surface area contributed by atoms with E-state index in [-0.39, 0.29) is 31.4 Å². The Bertz CT molecular complexity index is 1710. The average molecular weight is 667 g/mol. The number of sulfone groups is 2. The number of hydrogen-bond acceptors (Lipinski definition) is 8. The highest BCUT2D eigenvalue weighted by Crippen LogP contribution is 2.26. The van der Waals surface area contributed by atoms with Crippen molar-refractivity contribution in [1.29, 1.82) is 0 Å². The molecule has 1 N–H and O–H groups in total. The third-order valence-corrected chi connectivity index (χ3v) is 10.8. The van der Waals surface area contributed by atoms with Crippen molar-refractivity contribution >= 4 is 19.7 Å². The molecule has 0 amide bonds. The molecule has 0 aliphatic rings. The molecule has 0 aromatic heterocycles. The Morgan fingerprint density at radius 3 is 1.13 bits per heavy atom. The van der Waals surface area contributed by atoms with E-state index in [4.69, 9.17) is 14.2 Å². The summed E-state index contributed by atoms with van der Waals surface area (Å²) in [5, 5.41) is 9.39. The first kappa shape index (κ1) is 34.8. The van der Waals surface area contributed by atoms with Gasteiger partial charge in [0.1, 0.15) is 23.0 Å². The summed E-state index contributed by atoms with van der Waals surface area (Å²) in [6.07, 6.45) is 7.31. The normalized spacial score (nSPS) is 11.8. The molecule has 0 aliphatic carbocycles. The number of rotatable bonds is 18. The maximum absolute atomic E-state index is 13.0. The molecule has 0 saturated carbocycles. The predicted molar refractivity (Wildman–Crippen MR) is 177 cm³/mol. The van der Waals surface area contributed by atoms with Gasteiger partial charge in [-0.1, -0.05) is 32.1 Å². The molecule has 0 radical (unpaired) electrons. The van der Waals surface area contributed by atoms with Crippen LogP contribution in [0.3, 0.4) is 0 Å². The van der Waals surface area contributed by atoms with Crippen LogP contribution in [-0.2, 0) is 19.7 Å². The summed E-state index contributed by atoms with van der Waals surface area (Å²) in [4.78, 5) is 0.744. The van der Waals surface area contributed by atoms with Gasteiger partial charge in [0.15, 0.2) is 0 Å². The van der Waals surface area contributed by atoms with Crippen LogP contribution in [0.5, 0.6) is 23.0 Å². The summed E-state index contributed by atoms with van der Waals surface area (Å²) >= 11 is 0. The van der Waals surface area contributed by atoms with Gasteiger partial charge in [0.25, 0.3) is 0 Å². The molecule has 4 rings (SSSR count). The molecular formula is C36H42O8S2. The lowest BCUT2D eigenvalue weighted by atomic mass is 10.1. The molecule has 0 bridgehead atoms. The first-order valence-corrected chi connectivity index (χ1v) is 18.5. The Labute approximate surface area is 272 Å². The van der Waals surface area contributed by atoms with Crippen LogP contribution in [0.2, 0.25) is 0 Å². The zero-order valence-corrected chi connectivity index (χ0v) is 27.9. The molecule has 0 aliphatic heterocycles. The molecule has 4 aromatic rings. The van der Waals surface area contributed by atoms with Gasteiger partial charge in [0.05, 0.1) is 38.9 Å². The Morgan fingerprint density at radius 2 is 0.783 bits per heavy atom. The summed E-state index contributed by atoms with van der Waals surface area (Å²) in [6, 6.07) is 24.9. The number of phenols is 1. The maximum Gasteiger partial charge on any atom is 0.206 e. The minimum Gasteiger partial charge on any atom is -0.508 e. The van der Waals surface area contributed by atoms with Gasteiger partial charge in [-0.25, -0.2) is 16.8 Å². The monoisotopic (exact) mass is 666 g/mol. The van der Waals surface area contributed by atoms with Gasteiger partial charge in [-0.15, -0.1) is 0 Å². The largest absolute Gasteiger partial charge is 0.508 e. The number of hydrogen-bond donors (Lipinski definition) is 1. The van der Waals surface area contributed by atoms with Gasteiger partial charge in [-0.3, -0.25) is 0 Å². The van der Waals surface area contributed by atoms with Crippen LogP contribution >= 0.6 is 0 Å². The van der Waals surface area contributed by atoms with E-state index >= 15 is 0 Å². The second-order valence-electron chi connectivity index (χ2n) is 11.3. The van der Waals surface area contributed by atoms with Crippen LogP contribution in [0.1, 0.15) is 58.8 Å². The summed E-state index contributed by atoms with van der Waals surface area (Å²) < 4.78 is 68.6. The van der Waals surface area contributed by atoms with Gasteiger partial charge in [0.2, 0.25) is 19.7 Å². The summed E-state index contributed by atoms with van der Waals surface area (Å²) in [6.45, 7) is 4.98. The van der Waals surface area contributed by atoms with Crippen molar-refractivity contribution in [1.82, 2.24) is 0 Å². The van der Waals surface area contributed by atoms with E-state index in [0.29, 0.717) is 30.5 Å². The van der Waals surface area contributed by atoms with Crippen LogP contribution in [-0.4, -0.2) is 41.3 Å². The smallest absolute Gasteiger partial charge is 0.206 e. The molecule has 8 nitrogen and oxygen atoms in total. The van der Waals surface area contributed by atoms with Gasteiger partial charge >= 0.3 is 0 Å². The minimum absolute atomic E-state index is 0.0154. The van der Waals surface area contributed by atoms with Crippen LogP contribution in [0, 0.1) is 0 Å². The summed E-state index contributed by atoms with van der Waals surface area (Å²) in [5.74, 6) is 1.92. The standard InChI is InChI=1S/C36H42O8S2/c1-28(2)44-32-16-24-36(25-17-32)46(40,41)35-22-14-31(15-23-35)43-27-9-7-5-3-4-6-8-26-42-30-12-20-34(21-13-30)45(38,39)33-18-10-29(37)11-19-33/h10-25,28,37H,3-9,26-27H2,1-2H3. The van der Waals surface area contributed by atoms with Gasteiger partial charge in [0, 0.05) is 0 Å². The predicted octanol–water partition coefficient (Wildman–Crippen LogP) is 8.03. The van der Waals surface area contributed by atoms with E-state index in [1.807, 2.05) is 13.8 Å². The number of aromatic hydroxyl groups is 1. The fourth-order valence-electron chi connectivity index (χ4n) is 4.77. The second kappa shape index (κ2) is 16.5. The average Bonchev–Trinajstić information content (AvgIpc) is 3.04. The van der Waals surface area contributed by atoms with E-state index in [9.17, 15) is 21.9 Å². The zero-order valence-electron chi connectivity index (χ0n) is 26.3. The van der Waals surface area contributed by atoms with Gasteiger partial charge in [-0.05, 0) is 124 Å². The Hall–Kier alpha value is -4.02. The van der Waals surface area contributed by atoms with E-state index in [2.05, 4.69) is 0 Å². The molecule has 46 heavy (non-hydrogen) atoms. The lowest BCUT2D eigenvalue weighted by Gasteiger charge is -2.11. The third kappa shape index (κ3) is 9.99. The molecule has 0 unspecified atom stereocenters. The maximum atomic E-state index is 13.0. The van der Waals surface area contributed by atoms with E-state index in [1.54, 1.807) is 60.7 Å². The van der Waals surface area contributed by atoms with Crippen molar-refractivity contribution < 1.29 is 36.2 Å². The topological polar surface area (TPSA) is 116 Å². The van der Waals surface area contributed by atoms with Crippen molar-refractivity contribution in [3.8, 4) is 23.0 Å². The van der Waals surface area contributed by atoms with Crippen LogP contribution < -0.4 is 14.2 Å². The first-order valence-electron chi connectivity index (χ1n) is 15.6. The van der Waals surface area contributed by atoms with Crippen molar-refractivity contribution in [2.45, 2.75) is 84.5 Å². The molecule has 0 heterocycles. The molecule has 10 heteroatoms. The van der Waals surface area contributed by atoms with Crippen LogP contribution in [0.4, 0.5) is 0 Å². The number of ether oxygens (including phenoxy) is 3. The number of unbranched alkanes of at least 4 members (excludes halogenated alkanes) is 6. The Morgan fingerprint density at radius 1 is 0.478 bits per heavy atom. The SMILES string of the molecule is CC(C)Oc1ccc(S(=O)(=O)c2ccc(OCCCCCCCCCOc3ccc(S(=O)(=O)c4ccc(O)cc4)cc3)cc2)cc1. The molecule has 0 atom stereocenters. The number of phenolic OH excluding ortho intramolecular Hbond substituents is 1. The second-order valence-corrected chi connectivity index (χ2v) is 15.2. The quantitative estimate of drug-likeness (QED) is 0.106. The van der Waals surface area contributed by atoms with Crippen LogP contribution in [0.25, 0.3) is 0 Å². The van der Waals surface area contributed by atoms with Gasteiger partial charge < -0.3 is 19.3 Å². The highest BCUT2D eigenvalue weighted by molar-refractivity contribution is 7.91. The lowest BCUT2D eigenvalue weighted by molar-refractivity contribution is 0.242. The number of benzene rings is 4. The minimum atomic E-state index is -3.65.